The van der Waals surface area contributed by atoms with Crippen molar-refractivity contribution in [3.05, 3.63) is 82.4 Å². The summed E-state index contributed by atoms with van der Waals surface area (Å²) < 4.78 is 42.1. The average Bonchev–Trinajstić information content (AvgIpc) is 3.50. The maximum absolute atomic E-state index is 14.2. The molecule has 0 unspecified atom stereocenters. The van der Waals surface area contributed by atoms with E-state index in [-0.39, 0.29) is 29.9 Å². The van der Waals surface area contributed by atoms with Gasteiger partial charge in [0, 0.05) is 29.9 Å². The zero-order valence-corrected chi connectivity index (χ0v) is 16.8. The van der Waals surface area contributed by atoms with Gasteiger partial charge in [0.2, 0.25) is 5.91 Å². The first kappa shape index (κ1) is 20.2. The second kappa shape index (κ2) is 7.97. The SMILES string of the molecule is Cc1nn(-c2ccc(F)cc2F)c(C)c1CC(=O)N(Cc1ccc(F)cc1)C1CC1. The van der Waals surface area contributed by atoms with Crippen LogP contribution in [0.25, 0.3) is 5.69 Å². The third kappa shape index (κ3) is 4.10. The Kier molecular flexibility index (Phi) is 5.37. The van der Waals surface area contributed by atoms with Gasteiger partial charge < -0.3 is 4.90 Å². The number of amides is 1. The van der Waals surface area contributed by atoms with Gasteiger partial charge in [0.15, 0.2) is 5.82 Å². The molecule has 30 heavy (non-hydrogen) atoms. The lowest BCUT2D eigenvalue weighted by Crippen LogP contribution is -2.34. The Bertz CT molecular complexity index is 1090. The molecule has 0 saturated heterocycles. The van der Waals surface area contributed by atoms with Crippen LogP contribution in [0.4, 0.5) is 13.2 Å². The molecular weight excluding hydrogens is 391 g/mol. The minimum Gasteiger partial charge on any atom is -0.335 e. The second-order valence-electron chi connectivity index (χ2n) is 7.71. The highest BCUT2D eigenvalue weighted by atomic mass is 19.1. The quantitative estimate of drug-likeness (QED) is 0.591. The standard InChI is InChI=1S/C23H22F3N3O/c1-14-20(15(2)29(27-14)22-10-7-18(25)11-21(22)26)12-23(30)28(19-8-9-19)13-16-3-5-17(24)6-4-16/h3-7,10-11,19H,8-9,12-13H2,1-2H3. The molecule has 0 aliphatic heterocycles. The van der Waals surface area contributed by atoms with E-state index in [4.69, 9.17) is 0 Å². The van der Waals surface area contributed by atoms with Gasteiger partial charge in [0.05, 0.1) is 12.1 Å². The molecule has 0 bridgehead atoms. The van der Waals surface area contributed by atoms with Crippen molar-refractivity contribution in [2.45, 2.75) is 45.7 Å². The fraction of sp³-hybridized carbons (Fsp3) is 0.304. The summed E-state index contributed by atoms with van der Waals surface area (Å²) >= 11 is 0. The smallest absolute Gasteiger partial charge is 0.227 e. The van der Waals surface area contributed by atoms with E-state index in [1.165, 1.54) is 28.9 Å². The molecule has 4 rings (SSSR count). The minimum atomic E-state index is -0.714. The van der Waals surface area contributed by atoms with E-state index in [1.54, 1.807) is 26.0 Å². The average molecular weight is 413 g/mol. The zero-order chi connectivity index (χ0) is 21.4. The van der Waals surface area contributed by atoms with E-state index in [0.717, 1.165) is 30.0 Å². The lowest BCUT2D eigenvalue weighted by atomic mass is 10.1. The first-order chi connectivity index (χ1) is 14.3. The molecule has 1 aromatic heterocycles. The third-order valence-corrected chi connectivity index (χ3v) is 5.48. The van der Waals surface area contributed by atoms with E-state index < -0.39 is 11.6 Å². The molecule has 1 heterocycles. The topological polar surface area (TPSA) is 38.1 Å². The van der Waals surface area contributed by atoms with Crippen molar-refractivity contribution in [1.82, 2.24) is 14.7 Å². The summed E-state index contributed by atoms with van der Waals surface area (Å²) in [6, 6.07) is 9.66. The van der Waals surface area contributed by atoms with Gasteiger partial charge in [-0.05, 0) is 56.5 Å². The summed E-state index contributed by atoms with van der Waals surface area (Å²) in [5.74, 6) is -1.73. The van der Waals surface area contributed by atoms with Crippen LogP contribution in [0.2, 0.25) is 0 Å². The summed E-state index contributed by atoms with van der Waals surface area (Å²) in [6.45, 7) is 3.96. The Labute approximate surface area is 172 Å². The normalized spacial score (nSPS) is 13.5. The van der Waals surface area contributed by atoms with Gasteiger partial charge in [0.1, 0.15) is 17.3 Å². The van der Waals surface area contributed by atoms with Gasteiger partial charge in [-0.1, -0.05) is 12.1 Å². The number of rotatable bonds is 6. The number of aryl methyl sites for hydroxylation is 1. The van der Waals surface area contributed by atoms with E-state index in [0.29, 0.717) is 17.9 Å². The van der Waals surface area contributed by atoms with Crippen molar-refractivity contribution in [3.8, 4) is 5.69 Å². The largest absolute Gasteiger partial charge is 0.335 e. The third-order valence-electron chi connectivity index (χ3n) is 5.48. The molecule has 1 aliphatic rings. The van der Waals surface area contributed by atoms with Gasteiger partial charge in [0.25, 0.3) is 0 Å². The highest BCUT2D eigenvalue weighted by Crippen LogP contribution is 2.30. The molecule has 3 aromatic rings. The maximum Gasteiger partial charge on any atom is 0.227 e. The molecule has 0 radical (unpaired) electrons. The number of hydrogen-bond acceptors (Lipinski definition) is 2. The van der Waals surface area contributed by atoms with Gasteiger partial charge in [-0.3, -0.25) is 4.79 Å². The fourth-order valence-corrected chi connectivity index (χ4v) is 3.66. The number of carbonyl (C=O) groups excluding carboxylic acids is 1. The van der Waals surface area contributed by atoms with Crippen LogP contribution in [0.3, 0.4) is 0 Å². The van der Waals surface area contributed by atoms with Crippen LogP contribution >= 0.6 is 0 Å². The van der Waals surface area contributed by atoms with Crippen LogP contribution in [0, 0.1) is 31.3 Å². The lowest BCUT2D eigenvalue weighted by molar-refractivity contribution is -0.131. The Balaban J connectivity index is 1.57. The highest BCUT2D eigenvalue weighted by molar-refractivity contribution is 5.80. The number of benzene rings is 2. The van der Waals surface area contributed by atoms with Gasteiger partial charge in [-0.25, -0.2) is 17.9 Å². The Hall–Kier alpha value is -3.09. The van der Waals surface area contributed by atoms with Crippen LogP contribution in [0.15, 0.2) is 42.5 Å². The van der Waals surface area contributed by atoms with Crippen LogP contribution in [-0.2, 0) is 17.8 Å². The van der Waals surface area contributed by atoms with Crippen molar-refractivity contribution < 1.29 is 18.0 Å². The van der Waals surface area contributed by atoms with E-state index in [1.807, 2.05) is 4.90 Å². The van der Waals surface area contributed by atoms with Crippen molar-refractivity contribution in [3.63, 3.8) is 0 Å². The van der Waals surface area contributed by atoms with Gasteiger partial charge in [-0.15, -0.1) is 0 Å². The number of aromatic nitrogens is 2. The number of hydrogen-bond donors (Lipinski definition) is 0. The molecule has 2 aromatic carbocycles. The molecule has 0 atom stereocenters. The summed E-state index contributed by atoms with van der Waals surface area (Å²) in [7, 11) is 0. The minimum absolute atomic E-state index is 0.0489. The number of carbonyl (C=O) groups is 1. The van der Waals surface area contributed by atoms with Crippen molar-refractivity contribution >= 4 is 5.91 Å². The predicted octanol–water partition coefficient (Wildman–Crippen LogP) is 4.64. The Morgan fingerprint density at radius 1 is 1.07 bits per heavy atom. The first-order valence-electron chi connectivity index (χ1n) is 9.88. The lowest BCUT2D eigenvalue weighted by Gasteiger charge is -2.23. The van der Waals surface area contributed by atoms with Gasteiger partial charge in [-0.2, -0.15) is 5.10 Å². The summed E-state index contributed by atoms with van der Waals surface area (Å²) in [6.07, 6.45) is 2.04. The molecular formula is C23H22F3N3O. The van der Waals surface area contributed by atoms with Crippen molar-refractivity contribution in [2.75, 3.05) is 0 Å². The van der Waals surface area contributed by atoms with Crippen LogP contribution in [0.5, 0.6) is 0 Å². The molecule has 156 valence electrons. The molecule has 1 saturated carbocycles. The van der Waals surface area contributed by atoms with Crippen molar-refractivity contribution in [2.24, 2.45) is 0 Å². The van der Waals surface area contributed by atoms with Crippen molar-refractivity contribution in [1.29, 1.82) is 0 Å². The van der Waals surface area contributed by atoms with Crippen LogP contribution < -0.4 is 0 Å². The first-order valence-corrected chi connectivity index (χ1v) is 9.88. The summed E-state index contributed by atoms with van der Waals surface area (Å²) in [4.78, 5) is 14.9. The maximum atomic E-state index is 14.2. The monoisotopic (exact) mass is 413 g/mol. The Morgan fingerprint density at radius 2 is 1.73 bits per heavy atom. The molecule has 7 heteroatoms. The molecule has 0 N–H and O–H groups in total. The van der Waals surface area contributed by atoms with E-state index in [2.05, 4.69) is 5.10 Å². The Morgan fingerprint density at radius 3 is 2.37 bits per heavy atom. The summed E-state index contributed by atoms with van der Waals surface area (Å²) in [5, 5.41) is 4.38. The molecule has 1 aliphatic carbocycles. The van der Waals surface area contributed by atoms with Crippen LogP contribution in [-0.4, -0.2) is 26.6 Å². The zero-order valence-electron chi connectivity index (χ0n) is 16.8. The molecule has 1 amide bonds. The molecule has 4 nitrogen and oxygen atoms in total. The number of halogens is 3. The van der Waals surface area contributed by atoms with Crippen LogP contribution in [0.1, 0.15) is 35.4 Å². The second-order valence-corrected chi connectivity index (χ2v) is 7.71. The van der Waals surface area contributed by atoms with E-state index >= 15 is 0 Å². The predicted molar refractivity (Wildman–Crippen MR) is 107 cm³/mol. The van der Waals surface area contributed by atoms with E-state index in [9.17, 15) is 18.0 Å². The molecule has 1 fully saturated rings. The fourth-order valence-electron chi connectivity index (χ4n) is 3.66. The number of nitrogens with zero attached hydrogens (tertiary/aromatic N) is 3. The highest BCUT2D eigenvalue weighted by Gasteiger charge is 2.33. The van der Waals surface area contributed by atoms with Gasteiger partial charge >= 0.3 is 0 Å². The molecule has 0 spiro atoms. The summed E-state index contributed by atoms with van der Waals surface area (Å²) in [5.41, 5.74) is 3.01.